The lowest BCUT2D eigenvalue weighted by Crippen LogP contribution is -2.40. The molecule has 1 aromatic rings. The molecular formula is C15H22FNO3. The molecule has 0 aromatic heterocycles. The maximum Gasteiger partial charge on any atom is 0.257 e. The van der Waals surface area contributed by atoms with Crippen molar-refractivity contribution >= 4 is 5.91 Å². The fourth-order valence-corrected chi connectivity index (χ4v) is 1.58. The Labute approximate surface area is 119 Å². The van der Waals surface area contributed by atoms with Crippen LogP contribution in [0.25, 0.3) is 0 Å². The van der Waals surface area contributed by atoms with Crippen molar-refractivity contribution in [2.24, 2.45) is 0 Å². The third kappa shape index (κ3) is 5.17. The number of ether oxygens (including phenoxy) is 1. The second-order valence-electron chi connectivity index (χ2n) is 5.44. The summed E-state index contributed by atoms with van der Waals surface area (Å²) in [6.07, 6.45) is -0.869. The number of halogens is 1. The van der Waals surface area contributed by atoms with E-state index in [2.05, 4.69) is 5.32 Å². The van der Waals surface area contributed by atoms with E-state index in [0.29, 0.717) is 11.3 Å². The molecule has 0 spiro atoms. The Kier molecular flexibility index (Phi) is 5.51. The standard InChI is InChI=1S/C15H22FNO3/c1-10(2)20-12-7-5-6-11(8-12)13(18)9-17-14(19)15(3,4)16/h5-8,10,13,18H,9H2,1-4H3,(H,17,19). The SMILES string of the molecule is CC(C)Oc1cccc(C(O)CNC(=O)C(C)(C)F)c1. The van der Waals surface area contributed by atoms with E-state index in [1.54, 1.807) is 24.3 Å². The minimum atomic E-state index is -1.96. The van der Waals surface area contributed by atoms with Crippen LogP contribution in [0.5, 0.6) is 5.75 Å². The molecule has 0 bridgehead atoms. The number of aliphatic hydroxyl groups is 1. The molecule has 20 heavy (non-hydrogen) atoms. The van der Waals surface area contributed by atoms with Crippen LogP contribution in [0.15, 0.2) is 24.3 Å². The lowest BCUT2D eigenvalue weighted by atomic mass is 10.1. The average Bonchev–Trinajstić information content (AvgIpc) is 2.33. The molecule has 1 aromatic carbocycles. The molecule has 0 radical (unpaired) electrons. The van der Waals surface area contributed by atoms with Crippen molar-refractivity contribution in [2.75, 3.05) is 6.54 Å². The molecule has 5 heteroatoms. The summed E-state index contributed by atoms with van der Waals surface area (Å²) in [6.45, 7) is 6.12. The summed E-state index contributed by atoms with van der Waals surface area (Å²) >= 11 is 0. The Balaban J connectivity index is 2.63. The highest BCUT2D eigenvalue weighted by Crippen LogP contribution is 2.20. The zero-order chi connectivity index (χ0) is 15.3. The Morgan fingerprint density at radius 3 is 2.65 bits per heavy atom. The largest absolute Gasteiger partial charge is 0.491 e. The Bertz CT molecular complexity index is 455. The molecule has 4 nitrogen and oxygen atoms in total. The molecule has 0 aliphatic rings. The number of amides is 1. The molecule has 112 valence electrons. The first-order valence-electron chi connectivity index (χ1n) is 6.62. The predicted molar refractivity (Wildman–Crippen MR) is 75.4 cm³/mol. The molecule has 1 unspecified atom stereocenters. The van der Waals surface area contributed by atoms with Crippen molar-refractivity contribution < 1.29 is 19.0 Å². The quantitative estimate of drug-likeness (QED) is 0.842. The molecule has 0 saturated heterocycles. The summed E-state index contributed by atoms with van der Waals surface area (Å²) < 4.78 is 18.9. The van der Waals surface area contributed by atoms with E-state index < -0.39 is 17.7 Å². The normalized spacial score (nSPS) is 13.2. The van der Waals surface area contributed by atoms with Crippen LogP contribution in [0, 0.1) is 0 Å². The van der Waals surface area contributed by atoms with E-state index in [9.17, 15) is 14.3 Å². The molecule has 1 rings (SSSR count). The average molecular weight is 283 g/mol. The number of aliphatic hydroxyl groups excluding tert-OH is 1. The molecule has 1 atom stereocenters. The minimum Gasteiger partial charge on any atom is -0.491 e. The highest BCUT2D eigenvalue weighted by atomic mass is 19.1. The lowest BCUT2D eigenvalue weighted by molar-refractivity contribution is -0.131. The second-order valence-corrected chi connectivity index (χ2v) is 5.44. The first-order valence-corrected chi connectivity index (χ1v) is 6.62. The molecule has 0 aliphatic heterocycles. The van der Waals surface area contributed by atoms with Gasteiger partial charge >= 0.3 is 0 Å². The lowest BCUT2D eigenvalue weighted by Gasteiger charge is -2.18. The van der Waals surface area contributed by atoms with Crippen molar-refractivity contribution in [2.45, 2.75) is 45.6 Å². The molecule has 2 N–H and O–H groups in total. The van der Waals surface area contributed by atoms with Gasteiger partial charge in [0.1, 0.15) is 5.75 Å². The van der Waals surface area contributed by atoms with E-state index >= 15 is 0 Å². The van der Waals surface area contributed by atoms with Gasteiger partial charge < -0.3 is 15.2 Å². The van der Waals surface area contributed by atoms with Crippen LogP contribution in [0.3, 0.4) is 0 Å². The first kappa shape index (κ1) is 16.4. The molecule has 0 saturated carbocycles. The van der Waals surface area contributed by atoms with Gasteiger partial charge in [0.2, 0.25) is 0 Å². The number of alkyl halides is 1. The number of nitrogens with one attached hydrogen (secondary N) is 1. The number of hydrogen-bond acceptors (Lipinski definition) is 3. The summed E-state index contributed by atoms with van der Waals surface area (Å²) in [4.78, 5) is 11.4. The van der Waals surface area contributed by atoms with Crippen molar-refractivity contribution in [3.05, 3.63) is 29.8 Å². The van der Waals surface area contributed by atoms with Crippen LogP contribution in [0.1, 0.15) is 39.4 Å². The number of benzene rings is 1. The topological polar surface area (TPSA) is 58.6 Å². The molecule has 0 fully saturated rings. The van der Waals surface area contributed by atoms with Crippen LogP contribution < -0.4 is 10.1 Å². The summed E-state index contributed by atoms with van der Waals surface area (Å²) in [7, 11) is 0. The van der Waals surface area contributed by atoms with Crippen LogP contribution in [0.4, 0.5) is 4.39 Å². The van der Waals surface area contributed by atoms with E-state index in [1.807, 2.05) is 13.8 Å². The molecule has 0 aliphatic carbocycles. The van der Waals surface area contributed by atoms with Gasteiger partial charge in [-0.25, -0.2) is 4.39 Å². The van der Waals surface area contributed by atoms with Crippen LogP contribution >= 0.6 is 0 Å². The van der Waals surface area contributed by atoms with Gasteiger partial charge in [0.05, 0.1) is 12.2 Å². The van der Waals surface area contributed by atoms with Crippen LogP contribution in [-0.4, -0.2) is 29.3 Å². The first-order chi connectivity index (χ1) is 9.20. The maximum absolute atomic E-state index is 13.3. The number of hydrogen-bond donors (Lipinski definition) is 2. The number of carbonyl (C=O) groups is 1. The Morgan fingerprint density at radius 2 is 2.10 bits per heavy atom. The van der Waals surface area contributed by atoms with Gasteiger partial charge in [-0.05, 0) is 45.4 Å². The zero-order valence-corrected chi connectivity index (χ0v) is 12.3. The highest BCUT2D eigenvalue weighted by Gasteiger charge is 2.26. The highest BCUT2D eigenvalue weighted by molar-refractivity contribution is 5.84. The monoisotopic (exact) mass is 283 g/mol. The van der Waals surface area contributed by atoms with Crippen molar-refractivity contribution in [1.82, 2.24) is 5.32 Å². The Hall–Kier alpha value is -1.62. The van der Waals surface area contributed by atoms with Crippen molar-refractivity contribution in [3.8, 4) is 5.75 Å². The maximum atomic E-state index is 13.3. The van der Waals surface area contributed by atoms with Crippen LogP contribution in [-0.2, 0) is 4.79 Å². The van der Waals surface area contributed by atoms with E-state index in [-0.39, 0.29) is 12.6 Å². The van der Waals surface area contributed by atoms with Gasteiger partial charge in [-0.2, -0.15) is 0 Å². The van der Waals surface area contributed by atoms with Crippen molar-refractivity contribution in [1.29, 1.82) is 0 Å². The van der Waals surface area contributed by atoms with Gasteiger partial charge in [0.15, 0.2) is 5.67 Å². The van der Waals surface area contributed by atoms with Gasteiger partial charge in [0, 0.05) is 6.54 Å². The Morgan fingerprint density at radius 1 is 1.45 bits per heavy atom. The minimum absolute atomic E-state index is 0.0365. The predicted octanol–water partition coefficient (Wildman–Crippen LogP) is 2.37. The second kappa shape index (κ2) is 6.70. The van der Waals surface area contributed by atoms with Crippen molar-refractivity contribution in [3.63, 3.8) is 0 Å². The van der Waals surface area contributed by atoms with Gasteiger partial charge in [-0.15, -0.1) is 0 Å². The van der Waals surface area contributed by atoms with E-state index in [0.717, 1.165) is 0 Å². The summed E-state index contributed by atoms with van der Waals surface area (Å²) in [5, 5.41) is 12.4. The van der Waals surface area contributed by atoms with Gasteiger partial charge in [0.25, 0.3) is 5.91 Å². The number of carbonyl (C=O) groups excluding carboxylic acids is 1. The summed E-state index contributed by atoms with van der Waals surface area (Å²) in [5.74, 6) is -0.0974. The third-order valence-corrected chi connectivity index (χ3v) is 2.61. The molecule has 0 heterocycles. The number of rotatable bonds is 6. The van der Waals surface area contributed by atoms with E-state index in [4.69, 9.17) is 4.74 Å². The fraction of sp³-hybridized carbons (Fsp3) is 0.533. The summed E-state index contributed by atoms with van der Waals surface area (Å²) in [6, 6.07) is 6.98. The molecule has 1 amide bonds. The molecular weight excluding hydrogens is 261 g/mol. The van der Waals surface area contributed by atoms with E-state index in [1.165, 1.54) is 13.8 Å². The van der Waals surface area contributed by atoms with Crippen LogP contribution in [0.2, 0.25) is 0 Å². The fourth-order valence-electron chi connectivity index (χ4n) is 1.58. The summed E-state index contributed by atoms with van der Waals surface area (Å²) in [5.41, 5.74) is -1.34. The smallest absolute Gasteiger partial charge is 0.257 e. The van der Waals surface area contributed by atoms with Gasteiger partial charge in [-0.3, -0.25) is 4.79 Å². The zero-order valence-electron chi connectivity index (χ0n) is 12.3. The third-order valence-electron chi connectivity index (χ3n) is 2.61. The van der Waals surface area contributed by atoms with Gasteiger partial charge in [-0.1, -0.05) is 12.1 Å².